The molecule has 1 fully saturated rings. The second kappa shape index (κ2) is 10.7. The van der Waals surface area contributed by atoms with Gasteiger partial charge in [0.15, 0.2) is 0 Å². The van der Waals surface area contributed by atoms with E-state index in [1.807, 2.05) is 79.4 Å². The average molecular weight is 501 g/mol. The van der Waals surface area contributed by atoms with Crippen molar-refractivity contribution in [2.45, 2.75) is 57.8 Å². The minimum atomic E-state index is -0.257. The summed E-state index contributed by atoms with van der Waals surface area (Å²) in [6, 6.07) is 20.8. The van der Waals surface area contributed by atoms with Crippen molar-refractivity contribution in [3.8, 4) is 22.6 Å². The zero-order valence-corrected chi connectivity index (χ0v) is 21.5. The van der Waals surface area contributed by atoms with E-state index < -0.39 is 0 Å². The maximum Gasteiger partial charge on any atom is 0.318 e. The number of nitrogens with zero attached hydrogens (tertiary/aromatic N) is 1. The van der Waals surface area contributed by atoms with E-state index in [0.29, 0.717) is 12.1 Å². The lowest BCUT2D eigenvalue weighted by Crippen LogP contribution is -2.48. The van der Waals surface area contributed by atoms with Gasteiger partial charge in [-0.05, 0) is 85.7 Å². The molecule has 2 bridgehead atoms. The highest BCUT2D eigenvalue weighted by Gasteiger charge is 2.39. The number of halogens is 1. The van der Waals surface area contributed by atoms with Crippen LogP contribution in [-0.2, 0) is 6.54 Å². The average Bonchev–Trinajstić information content (AvgIpc) is 3.16. The Bertz CT molecular complexity index is 1300. The van der Waals surface area contributed by atoms with E-state index in [2.05, 4.69) is 11.4 Å². The zero-order chi connectivity index (χ0) is 25.9. The molecule has 1 saturated heterocycles. The molecule has 3 aromatic carbocycles. The predicted molar refractivity (Wildman–Crippen MR) is 144 cm³/mol. The molecule has 5 nitrogen and oxygen atoms in total. The van der Waals surface area contributed by atoms with E-state index in [0.717, 1.165) is 53.0 Å². The van der Waals surface area contributed by atoms with Crippen molar-refractivity contribution in [3.63, 3.8) is 0 Å². The molecule has 2 aliphatic rings. The normalized spacial score (nSPS) is 18.5. The number of fused-ring (bicyclic) bond motifs is 2. The first-order valence-corrected chi connectivity index (χ1v) is 12.9. The number of hydrogen-bond acceptors (Lipinski definition) is 3. The Hall–Kier alpha value is -3.80. The topological polar surface area (TPSA) is 50.8 Å². The third-order valence-electron chi connectivity index (χ3n) is 7.09. The maximum atomic E-state index is 15.3. The van der Waals surface area contributed by atoms with Crippen LogP contribution < -0.4 is 14.8 Å². The van der Waals surface area contributed by atoms with E-state index in [-0.39, 0.29) is 30.0 Å². The third kappa shape index (κ3) is 5.48. The number of methoxy groups -OCH3 is 1. The van der Waals surface area contributed by atoms with Crippen molar-refractivity contribution < 1.29 is 18.7 Å². The molecule has 2 unspecified atom stereocenters. The van der Waals surface area contributed by atoms with Gasteiger partial charge in [-0.2, -0.15) is 0 Å². The van der Waals surface area contributed by atoms with Crippen LogP contribution in [0.4, 0.5) is 9.18 Å². The van der Waals surface area contributed by atoms with Gasteiger partial charge in [0, 0.05) is 18.2 Å². The number of carbonyl (C=O) groups excluding carboxylic acids is 1. The van der Waals surface area contributed by atoms with Gasteiger partial charge in [0.2, 0.25) is 0 Å². The Kier molecular flexibility index (Phi) is 7.17. The van der Waals surface area contributed by atoms with E-state index in [9.17, 15) is 4.79 Å². The lowest BCUT2D eigenvalue weighted by Gasteiger charge is -2.34. The summed E-state index contributed by atoms with van der Waals surface area (Å²) in [5.74, 6) is 1.26. The maximum absolute atomic E-state index is 15.3. The summed E-state index contributed by atoms with van der Waals surface area (Å²) in [6.45, 7) is 4.41. The molecule has 0 spiro atoms. The van der Waals surface area contributed by atoms with Crippen molar-refractivity contribution in [2.75, 3.05) is 7.11 Å². The summed E-state index contributed by atoms with van der Waals surface area (Å²) in [6.07, 6.45) is 4.79. The van der Waals surface area contributed by atoms with Gasteiger partial charge in [-0.3, -0.25) is 0 Å². The molecule has 0 aromatic heterocycles. The number of nitrogens with one attached hydrogen (secondary N) is 1. The number of rotatable bonds is 7. The fraction of sp³-hybridized carbons (Fsp3) is 0.323. The fourth-order valence-corrected chi connectivity index (χ4v) is 5.33. The Morgan fingerprint density at radius 1 is 1.03 bits per heavy atom. The highest BCUT2D eigenvalue weighted by Crippen LogP contribution is 2.39. The number of urea groups is 1. The van der Waals surface area contributed by atoms with Crippen LogP contribution >= 0.6 is 0 Å². The molecule has 37 heavy (non-hydrogen) atoms. The summed E-state index contributed by atoms with van der Waals surface area (Å²) in [5.41, 5.74) is 4.35. The SMILES string of the molecule is COc1ccc(CNC(=O)N2C3C=C(c4ccc(-c5cccc(OC(C)C)c5)c(F)c4)CC2CC3)cc1. The van der Waals surface area contributed by atoms with Gasteiger partial charge in [0.05, 0.1) is 19.3 Å². The quantitative estimate of drug-likeness (QED) is 0.387. The molecule has 192 valence electrons. The molecule has 6 heteroatoms. The van der Waals surface area contributed by atoms with Crippen LogP contribution in [0.1, 0.15) is 44.2 Å². The molecule has 0 radical (unpaired) electrons. The molecular formula is C31H33FN2O3. The Morgan fingerprint density at radius 3 is 2.54 bits per heavy atom. The largest absolute Gasteiger partial charge is 0.497 e. The zero-order valence-electron chi connectivity index (χ0n) is 21.5. The molecule has 0 saturated carbocycles. The fourth-order valence-electron chi connectivity index (χ4n) is 5.33. The predicted octanol–water partition coefficient (Wildman–Crippen LogP) is 6.82. The van der Waals surface area contributed by atoms with E-state index in [4.69, 9.17) is 9.47 Å². The van der Waals surface area contributed by atoms with Crippen molar-refractivity contribution in [1.82, 2.24) is 10.2 Å². The van der Waals surface area contributed by atoms with E-state index in [1.54, 1.807) is 13.2 Å². The Labute approximate surface area is 217 Å². The van der Waals surface area contributed by atoms with Gasteiger partial charge < -0.3 is 19.7 Å². The summed E-state index contributed by atoms with van der Waals surface area (Å²) in [7, 11) is 1.63. The van der Waals surface area contributed by atoms with Gasteiger partial charge in [-0.25, -0.2) is 9.18 Å². The highest BCUT2D eigenvalue weighted by molar-refractivity contribution is 5.79. The molecule has 2 amide bonds. The Balaban J connectivity index is 1.28. The van der Waals surface area contributed by atoms with Gasteiger partial charge in [0.1, 0.15) is 17.3 Å². The van der Waals surface area contributed by atoms with Gasteiger partial charge in [0.25, 0.3) is 0 Å². The molecule has 2 heterocycles. The first-order chi connectivity index (χ1) is 17.9. The van der Waals surface area contributed by atoms with E-state index >= 15 is 4.39 Å². The summed E-state index contributed by atoms with van der Waals surface area (Å²) >= 11 is 0. The van der Waals surface area contributed by atoms with Gasteiger partial charge >= 0.3 is 6.03 Å². The molecule has 5 rings (SSSR count). The van der Waals surface area contributed by atoms with Crippen molar-refractivity contribution in [1.29, 1.82) is 0 Å². The molecule has 2 atom stereocenters. The number of benzene rings is 3. The van der Waals surface area contributed by atoms with Crippen molar-refractivity contribution in [2.24, 2.45) is 0 Å². The van der Waals surface area contributed by atoms with Crippen LogP contribution in [0.5, 0.6) is 11.5 Å². The first kappa shape index (κ1) is 24.9. The van der Waals surface area contributed by atoms with Crippen LogP contribution in [0.25, 0.3) is 16.7 Å². The van der Waals surface area contributed by atoms with Crippen LogP contribution in [-0.4, -0.2) is 36.2 Å². The molecule has 0 aliphatic carbocycles. The summed E-state index contributed by atoms with van der Waals surface area (Å²) in [5, 5.41) is 3.06. The van der Waals surface area contributed by atoms with Crippen LogP contribution in [0, 0.1) is 5.82 Å². The van der Waals surface area contributed by atoms with Gasteiger partial charge in [-0.15, -0.1) is 0 Å². The molecule has 3 aromatic rings. The molecular weight excluding hydrogens is 467 g/mol. The summed E-state index contributed by atoms with van der Waals surface area (Å²) < 4.78 is 26.2. The number of carbonyl (C=O) groups is 1. The Morgan fingerprint density at radius 2 is 1.84 bits per heavy atom. The monoisotopic (exact) mass is 500 g/mol. The third-order valence-corrected chi connectivity index (χ3v) is 7.09. The minimum absolute atomic E-state index is 0.0252. The lowest BCUT2D eigenvalue weighted by atomic mass is 9.93. The second-order valence-corrected chi connectivity index (χ2v) is 10.00. The highest BCUT2D eigenvalue weighted by atomic mass is 19.1. The van der Waals surface area contributed by atoms with Crippen molar-refractivity contribution in [3.05, 3.63) is 89.8 Å². The molecule has 2 aliphatic heterocycles. The van der Waals surface area contributed by atoms with Crippen LogP contribution in [0.2, 0.25) is 0 Å². The van der Waals surface area contributed by atoms with Gasteiger partial charge in [-0.1, -0.05) is 42.5 Å². The first-order valence-electron chi connectivity index (χ1n) is 12.9. The summed E-state index contributed by atoms with van der Waals surface area (Å²) in [4.78, 5) is 15.0. The lowest BCUT2D eigenvalue weighted by molar-refractivity contribution is 0.179. The van der Waals surface area contributed by atoms with E-state index in [1.165, 1.54) is 0 Å². The smallest absolute Gasteiger partial charge is 0.318 e. The second-order valence-electron chi connectivity index (χ2n) is 10.00. The standard InChI is InChI=1S/C31H33FN2O3/c1-20(2)37-28-6-4-5-23(17-28)29-14-9-22(18-30(29)32)24-15-25-10-11-26(16-24)34(25)31(35)33-19-21-7-12-27(36-3)13-8-21/h4-9,12-15,17-18,20,25-26H,10-11,16,19H2,1-3H3,(H,33,35). The van der Waals surface area contributed by atoms with Crippen molar-refractivity contribution >= 4 is 11.6 Å². The number of amides is 2. The molecule has 1 N–H and O–H groups in total. The van der Waals surface area contributed by atoms with Crippen LogP contribution in [0.3, 0.4) is 0 Å². The minimum Gasteiger partial charge on any atom is -0.497 e. The number of hydrogen-bond donors (Lipinski definition) is 1. The van der Waals surface area contributed by atoms with Crippen LogP contribution in [0.15, 0.2) is 72.8 Å². The number of ether oxygens (including phenoxy) is 2.